The summed E-state index contributed by atoms with van der Waals surface area (Å²) < 4.78 is 43.1. The molecule has 1 unspecified atom stereocenters. The summed E-state index contributed by atoms with van der Waals surface area (Å²) in [4.78, 5) is 33.8. The van der Waals surface area contributed by atoms with Crippen LogP contribution in [0.2, 0.25) is 0 Å². The monoisotopic (exact) mass is 418 g/mol. The fraction of sp³-hybridized carbons (Fsp3) is 0.150. The van der Waals surface area contributed by atoms with E-state index < -0.39 is 41.4 Å². The van der Waals surface area contributed by atoms with Crippen LogP contribution in [0.5, 0.6) is 11.5 Å². The Kier molecular flexibility index (Phi) is 6.07. The van der Waals surface area contributed by atoms with Gasteiger partial charge < -0.3 is 19.9 Å². The number of nitrogens with one attached hydrogen (secondary N) is 1. The van der Waals surface area contributed by atoms with E-state index in [1.165, 1.54) is 30.3 Å². The number of esters is 1. The van der Waals surface area contributed by atoms with E-state index in [-0.39, 0.29) is 23.5 Å². The zero-order valence-corrected chi connectivity index (χ0v) is 15.6. The first kappa shape index (κ1) is 20.9. The third-order valence-corrected chi connectivity index (χ3v) is 4.06. The maximum atomic E-state index is 14.3. The number of ether oxygens (including phenoxy) is 3. The topological polar surface area (TPSA) is 117 Å². The average Bonchev–Trinajstić information content (AvgIpc) is 3.02. The Labute approximate surface area is 169 Å². The van der Waals surface area contributed by atoms with Crippen LogP contribution in [0.3, 0.4) is 0 Å². The van der Waals surface area contributed by atoms with Gasteiger partial charge in [0.15, 0.2) is 23.1 Å². The molecule has 0 bridgehead atoms. The number of methoxy groups -OCH3 is 1. The smallest absolute Gasteiger partial charge is 0.419 e. The largest absolute Gasteiger partial charge is 0.468 e. The number of carbonyl (C=O) groups is 3. The molecule has 10 heteroatoms. The third-order valence-electron chi connectivity index (χ3n) is 4.06. The Morgan fingerprint density at radius 1 is 1.20 bits per heavy atom. The molecule has 0 radical (unpaired) electrons. The number of carbonyl (C=O) groups excluding carboxylic acids is 3. The molecule has 0 saturated carbocycles. The van der Waals surface area contributed by atoms with E-state index >= 15 is 0 Å². The Morgan fingerprint density at radius 2 is 1.83 bits per heavy atom. The number of imide groups is 1. The highest BCUT2D eigenvalue weighted by Gasteiger charge is 2.26. The van der Waals surface area contributed by atoms with Crippen LogP contribution in [0.15, 0.2) is 42.2 Å². The van der Waals surface area contributed by atoms with Crippen molar-refractivity contribution in [2.75, 3.05) is 7.11 Å². The van der Waals surface area contributed by atoms with Gasteiger partial charge in [-0.15, -0.1) is 0 Å². The molecule has 0 aromatic heterocycles. The van der Waals surface area contributed by atoms with Crippen LogP contribution in [0, 0.1) is 11.6 Å². The second kappa shape index (κ2) is 8.70. The first-order chi connectivity index (χ1) is 14.3. The summed E-state index contributed by atoms with van der Waals surface area (Å²) in [6.45, 7) is 0. The molecule has 156 valence electrons. The lowest BCUT2D eigenvalue weighted by Crippen LogP contribution is -2.33. The molecular weight excluding hydrogens is 402 g/mol. The number of alkyl carbamates (subject to hydrolysis) is 1. The van der Waals surface area contributed by atoms with E-state index in [1.54, 1.807) is 0 Å². The lowest BCUT2D eigenvalue weighted by atomic mass is 10.1. The van der Waals surface area contributed by atoms with Crippen molar-refractivity contribution in [3.8, 4) is 11.5 Å². The van der Waals surface area contributed by atoms with Crippen molar-refractivity contribution in [1.82, 2.24) is 5.32 Å². The molecule has 2 aromatic rings. The van der Waals surface area contributed by atoms with Crippen molar-refractivity contribution in [3.63, 3.8) is 0 Å². The van der Waals surface area contributed by atoms with Gasteiger partial charge >= 0.3 is 12.1 Å². The molecule has 2 amide bonds. The zero-order valence-electron chi connectivity index (χ0n) is 15.6. The number of hydrogen-bond donors (Lipinski definition) is 2. The first-order valence-corrected chi connectivity index (χ1v) is 8.61. The fourth-order valence-corrected chi connectivity index (χ4v) is 2.64. The molecule has 3 N–H and O–H groups in total. The van der Waals surface area contributed by atoms with Crippen LogP contribution in [0.1, 0.15) is 11.1 Å². The second-order valence-corrected chi connectivity index (χ2v) is 6.25. The number of halogens is 2. The second-order valence-electron chi connectivity index (χ2n) is 6.25. The molecule has 1 heterocycles. The number of rotatable bonds is 6. The Balaban J connectivity index is 1.73. The van der Waals surface area contributed by atoms with Gasteiger partial charge in [-0.1, -0.05) is 12.1 Å². The number of benzene rings is 2. The summed E-state index contributed by atoms with van der Waals surface area (Å²) in [7, 11) is 1.16. The van der Waals surface area contributed by atoms with E-state index in [2.05, 4.69) is 9.47 Å². The molecule has 1 saturated heterocycles. The third kappa shape index (κ3) is 4.78. The van der Waals surface area contributed by atoms with Crippen molar-refractivity contribution in [2.24, 2.45) is 5.73 Å². The van der Waals surface area contributed by atoms with Gasteiger partial charge in [-0.2, -0.15) is 0 Å². The molecule has 1 fully saturated rings. The lowest BCUT2D eigenvalue weighted by Gasteiger charge is -2.12. The van der Waals surface area contributed by atoms with E-state index in [0.29, 0.717) is 5.56 Å². The van der Waals surface area contributed by atoms with Gasteiger partial charge in [-0.3, -0.25) is 14.9 Å². The molecule has 1 atom stereocenters. The lowest BCUT2D eigenvalue weighted by molar-refractivity contribution is -0.142. The van der Waals surface area contributed by atoms with Crippen LogP contribution in [-0.4, -0.2) is 31.1 Å². The predicted molar refractivity (Wildman–Crippen MR) is 99.2 cm³/mol. The SMILES string of the molecule is COC(=O)C(N)Cc1cc(F)c(Oc2ccc(/C=C3\OC(=O)NC3=O)cc2)c(F)c1. The fourth-order valence-electron chi connectivity index (χ4n) is 2.64. The molecular formula is C20H16F2N2O6. The molecule has 0 spiro atoms. The van der Waals surface area contributed by atoms with E-state index in [9.17, 15) is 23.2 Å². The van der Waals surface area contributed by atoms with E-state index in [0.717, 1.165) is 19.2 Å². The first-order valence-electron chi connectivity index (χ1n) is 8.61. The average molecular weight is 418 g/mol. The quantitative estimate of drug-likeness (QED) is 0.547. The minimum Gasteiger partial charge on any atom is -0.468 e. The maximum absolute atomic E-state index is 14.3. The molecule has 2 aromatic carbocycles. The van der Waals surface area contributed by atoms with Crippen LogP contribution in [0.4, 0.5) is 13.6 Å². The van der Waals surface area contributed by atoms with Crippen molar-refractivity contribution >= 4 is 24.0 Å². The maximum Gasteiger partial charge on any atom is 0.419 e. The van der Waals surface area contributed by atoms with E-state index in [4.69, 9.17) is 10.5 Å². The Bertz CT molecular complexity index is 1010. The number of hydrogen-bond acceptors (Lipinski definition) is 7. The summed E-state index contributed by atoms with van der Waals surface area (Å²) in [5, 5.41) is 1.96. The van der Waals surface area contributed by atoms with Crippen molar-refractivity contribution < 1.29 is 37.4 Å². The number of amides is 2. The summed E-state index contributed by atoms with van der Waals surface area (Å²) in [5.41, 5.74) is 6.27. The highest BCUT2D eigenvalue weighted by molar-refractivity contribution is 6.09. The summed E-state index contributed by atoms with van der Waals surface area (Å²) in [6, 6.07) is 6.83. The standard InChI is InChI=1S/C20H16F2N2O6/c1-28-19(26)15(23)8-11-6-13(21)17(14(22)7-11)29-12-4-2-10(3-5-12)9-16-18(25)24-20(27)30-16/h2-7,9,15H,8,23H2,1H3,(H,24,25,27)/b16-9-. The van der Waals surface area contributed by atoms with Crippen molar-refractivity contribution in [2.45, 2.75) is 12.5 Å². The summed E-state index contributed by atoms with van der Waals surface area (Å²) in [6.07, 6.45) is 0.348. The number of nitrogens with two attached hydrogens (primary N) is 1. The molecule has 1 aliphatic rings. The normalized spacial score (nSPS) is 15.5. The molecule has 30 heavy (non-hydrogen) atoms. The van der Waals surface area contributed by atoms with Crippen molar-refractivity contribution in [3.05, 3.63) is 64.9 Å². The molecule has 8 nitrogen and oxygen atoms in total. The minimum atomic E-state index is -1.05. The van der Waals surface area contributed by atoms with Gasteiger partial charge in [0.2, 0.25) is 0 Å². The highest BCUT2D eigenvalue weighted by atomic mass is 19.1. The Morgan fingerprint density at radius 3 is 2.37 bits per heavy atom. The minimum absolute atomic E-state index is 0.109. The molecule has 1 aliphatic heterocycles. The predicted octanol–water partition coefficient (Wildman–Crippen LogP) is 2.41. The van der Waals surface area contributed by atoms with E-state index in [1.807, 2.05) is 5.32 Å². The van der Waals surface area contributed by atoms with Crippen LogP contribution >= 0.6 is 0 Å². The van der Waals surface area contributed by atoms with Gasteiger partial charge in [0.25, 0.3) is 5.91 Å². The summed E-state index contributed by atoms with van der Waals surface area (Å²) in [5.74, 6) is -3.98. The van der Waals surface area contributed by atoms with Crippen LogP contribution in [0.25, 0.3) is 6.08 Å². The highest BCUT2D eigenvalue weighted by Crippen LogP contribution is 2.29. The van der Waals surface area contributed by atoms with Crippen molar-refractivity contribution in [1.29, 1.82) is 0 Å². The van der Waals surface area contributed by atoms with Gasteiger partial charge in [0, 0.05) is 0 Å². The number of cyclic esters (lactones) is 1. The van der Waals surface area contributed by atoms with Gasteiger partial charge in [0.05, 0.1) is 7.11 Å². The summed E-state index contributed by atoms with van der Waals surface area (Å²) >= 11 is 0. The zero-order chi connectivity index (χ0) is 21.8. The van der Waals surface area contributed by atoms with Gasteiger partial charge in [-0.05, 0) is 47.9 Å². The van der Waals surface area contributed by atoms with Gasteiger partial charge in [0.1, 0.15) is 11.8 Å². The molecule has 3 rings (SSSR count). The van der Waals surface area contributed by atoms with Crippen LogP contribution in [-0.2, 0) is 25.5 Å². The Hall–Kier alpha value is -3.79. The molecule has 0 aliphatic carbocycles. The van der Waals surface area contributed by atoms with Gasteiger partial charge in [-0.25, -0.2) is 13.6 Å². The van der Waals surface area contributed by atoms with Crippen LogP contribution < -0.4 is 15.8 Å².